The van der Waals surface area contributed by atoms with E-state index in [0.29, 0.717) is 45.3 Å². The number of piperazine rings is 1. The number of hydrogen-bond donors (Lipinski definition) is 1. The Kier molecular flexibility index (Phi) is 7.33. The molecule has 2 aromatic rings. The molecule has 0 saturated carbocycles. The average molecular weight is 467 g/mol. The second-order valence-electron chi connectivity index (χ2n) is 8.86. The van der Waals surface area contributed by atoms with Crippen molar-refractivity contribution in [2.45, 2.75) is 39.5 Å². The first-order chi connectivity index (χ1) is 16.4. The Balaban J connectivity index is 1.59. The Morgan fingerprint density at radius 3 is 2.82 bits per heavy atom. The van der Waals surface area contributed by atoms with Crippen molar-refractivity contribution in [1.82, 2.24) is 19.8 Å². The first-order valence-electron chi connectivity index (χ1n) is 11.7. The van der Waals surface area contributed by atoms with Crippen LogP contribution in [0.3, 0.4) is 0 Å². The van der Waals surface area contributed by atoms with E-state index in [9.17, 15) is 4.79 Å². The van der Waals surface area contributed by atoms with Crippen molar-refractivity contribution in [3.8, 4) is 11.8 Å². The van der Waals surface area contributed by atoms with Crippen LogP contribution in [0.15, 0.2) is 30.9 Å². The van der Waals surface area contributed by atoms with Gasteiger partial charge in [-0.05, 0) is 43.2 Å². The number of benzene rings is 1. The lowest BCUT2D eigenvalue weighted by atomic mass is 10.1. The lowest BCUT2D eigenvalue weighted by Gasteiger charge is -2.40. The monoisotopic (exact) mass is 466 g/mol. The van der Waals surface area contributed by atoms with E-state index in [2.05, 4.69) is 42.4 Å². The highest BCUT2D eigenvalue weighted by Gasteiger charge is 2.33. The van der Waals surface area contributed by atoms with Crippen molar-refractivity contribution in [3.63, 3.8) is 0 Å². The molecule has 1 saturated heterocycles. The molecule has 2 N–H and O–H groups in total. The summed E-state index contributed by atoms with van der Waals surface area (Å²) in [5.41, 5.74) is 10.2. The van der Waals surface area contributed by atoms with E-state index in [4.69, 9.17) is 25.2 Å². The van der Waals surface area contributed by atoms with Crippen LogP contribution in [0.4, 0.5) is 5.82 Å². The van der Waals surface area contributed by atoms with E-state index >= 15 is 0 Å². The van der Waals surface area contributed by atoms with E-state index < -0.39 is 0 Å². The van der Waals surface area contributed by atoms with E-state index in [0.717, 1.165) is 35.9 Å². The van der Waals surface area contributed by atoms with Crippen molar-refractivity contribution < 1.29 is 14.3 Å². The molecule has 182 valence electrons. The van der Waals surface area contributed by atoms with Gasteiger partial charge in [0.1, 0.15) is 18.2 Å². The number of carbonyl (C=O) groups is 1. The standard InChI is InChI=1S/C25H34N6O3/c1-5-23(32)30-9-10-31(18(3)13-30)24-21-15-29(14-19-12-20(33-4)7-6-17(19)2)16-22(21)27-25(28-24)34-11-8-26/h5-7,12,18H,1,8-11,13-16,26H2,2-4H3/t18-/m0/s1. The molecule has 0 spiro atoms. The smallest absolute Gasteiger partial charge is 0.318 e. The van der Waals surface area contributed by atoms with Crippen LogP contribution in [0, 0.1) is 6.92 Å². The van der Waals surface area contributed by atoms with Crippen LogP contribution in [0.25, 0.3) is 0 Å². The van der Waals surface area contributed by atoms with Crippen LogP contribution in [-0.2, 0) is 24.4 Å². The lowest BCUT2D eigenvalue weighted by Crippen LogP contribution is -2.54. The minimum Gasteiger partial charge on any atom is -0.497 e. The zero-order valence-electron chi connectivity index (χ0n) is 20.3. The highest BCUT2D eigenvalue weighted by atomic mass is 16.5. The second-order valence-corrected chi connectivity index (χ2v) is 8.86. The molecule has 0 aliphatic carbocycles. The summed E-state index contributed by atoms with van der Waals surface area (Å²) in [4.78, 5) is 28.1. The molecular formula is C25H34N6O3. The minimum atomic E-state index is -0.0359. The van der Waals surface area contributed by atoms with E-state index in [1.165, 1.54) is 17.2 Å². The number of amides is 1. The van der Waals surface area contributed by atoms with Gasteiger partial charge in [-0.25, -0.2) is 0 Å². The molecule has 34 heavy (non-hydrogen) atoms. The Bertz CT molecular complexity index is 1060. The van der Waals surface area contributed by atoms with Gasteiger partial charge in [0, 0.05) is 57.4 Å². The summed E-state index contributed by atoms with van der Waals surface area (Å²) in [6.07, 6.45) is 1.38. The van der Waals surface area contributed by atoms with Crippen molar-refractivity contribution in [1.29, 1.82) is 0 Å². The van der Waals surface area contributed by atoms with Crippen LogP contribution < -0.4 is 20.1 Å². The maximum Gasteiger partial charge on any atom is 0.318 e. The SMILES string of the molecule is C=CC(=O)N1CCN(c2nc(OCCN)nc3c2CN(Cc2cc(OC)ccc2C)C3)[C@@H](C)C1. The number of rotatable bonds is 8. The summed E-state index contributed by atoms with van der Waals surface area (Å²) in [6.45, 7) is 12.8. The topological polar surface area (TPSA) is 97.0 Å². The molecule has 2 aliphatic heterocycles. The zero-order chi connectivity index (χ0) is 24.2. The van der Waals surface area contributed by atoms with Crippen LogP contribution in [0.5, 0.6) is 11.8 Å². The van der Waals surface area contributed by atoms with Crippen molar-refractivity contribution in [2.75, 3.05) is 44.8 Å². The van der Waals surface area contributed by atoms with Crippen LogP contribution >= 0.6 is 0 Å². The molecule has 9 heteroatoms. The van der Waals surface area contributed by atoms with Gasteiger partial charge >= 0.3 is 6.01 Å². The van der Waals surface area contributed by atoms with Gasteiger partial charge in [0.25, 0.3) is 0 Å². The van der Waals surface area contributed by atoms with Gasteiger partial charge < -0.3 is 25.0 Å². The van der Waals surface area contributed by atoms with Gasteiger partial charge in [-0.1, -0.05) is 12.6 Å². The molecule has 0 bridgehead atoms. The third-order valence-corrected chi connectivity index (χ3v) is 6.49. The maximum atomic E-state index is 12.1. The molecule has 0 unspecified atom stereocenters. The first-order valence-corrected chi connectivity index (χ1v) is 11.7. The Hall–Kier alpha value is -3.17. The summed E-state index contributed by atoms with van der Waals surface area (Å²) in [6, 6.07) is 6.63. The average Bonchev–Trinajstić information content (AvgIpc) is 3.25. The third kappa shape index (κ3) is 5.00. The van der Waals surface area contributed by atoms with E-state index in [-0.39, 0.29) is 11.9 Å². The number of nitrogens with zero attached hydrogens (tertiary/aromatic N) is 5. The number of methoxy groups -OCH3 is 1. The minimum absolute atomic E-state index is 0.0359. The molecule has 1 aromatic heterocycles. The van der Waals surface area contributed by atoms with E-state index in [1.54, 1.807) is 7.11 Å². The normalized spacial score (nSPS) is 18.1. The number of carbonyl (C=O) groups excluding carboxylic acids is 1. The molecule has 1 aromatic carbocycles. The molecular weight excluding hydrogens is 432 g/mol. The quantitative estimate of drug-likeness (QED) is 0.589. The number of nitrogens with two attached hydrogens (primary N) is 1. The molecule has 0 radical (unpaired) electrons. The van der Waals surface area contributed by atoms with Gasteiger partial charge in [-0.3, -0.25) is 9.69 Å². The lowest BCUT2D eigenvalue weighted by molar-refractivity contribution is -0.126. The van der Waals surface area contributed by atoms with Crippen molar-refractivity contribution in [3.05, 3.63) is 53.2 Å². The Labute approximate surface area is 201 Å². The predicted molar refractivity (Wildman–Crippen MR) is 131 cm³/mol. The summed E-state index contributed by atoms with van der Waals surface area (Å²) < 4.78 is 11.2. The fourth-order valence-electron chi connectivity index (χ4n) is 4.63. The van der Waals surface area contributed by atoms with Crippen molar-refractivity contribution in [2.24, 2.45) is 5.73 Å². The number of aromatic nitrogens is 2. The zero-order valence-corrected chi connectivity index (χ0v) is 20.3. The molecule has 4 rings (SSSR count). The number of aryl methyl sites for hydroxylation is 1. The summed E-state index contributed by atoms with van der Waals surface area (Å²) in [5.74, 6) is 1.71. The van der Waals surface area contributed by atoms with E-state index in [1.807, 2.05) is 11.0 Å². The van der Waals surface area contributed by atoms with Crippen molar-refractivity contribution >= 4 is 11.7 Å². The van der Waals surface area contributed by atoms with Crippen LogP contribution in [-0.4, -0.2) is 71.6 Å². The number of hydrogen-bond acceptors (Lipinski definition) is 8. The van der Waals surface area contributed by atoms with Gasteiger partial charge in [-0.2, -0.15) is 9.97 Å². The highest BCUT2D eigenvalue weighted by molar-refractivity contribution is 5.87. The number of anilines is 1. The third-order valence-electron chi connectivity index (χ3n) is 6.49. The fraction of sp³-hybridized carbons (Fsp3) is 0.480. The van der Waals surface area contributed by atoms with Crippen LogP contribution in [0.2, 0.25) is 0 Å². The van der Waals surface area contributed by atoms with Crippen LogP contribution in [0.1, 0.15) is 29.3 Å². The summed E-state index contributed by atoms with van der Waals surface area (Å²) in [5, 5.41) is 0. The molecule has 9 nitrogen and oxygen atoms in total. The molecule has 1 atom stereocenters. The second kappa shape index (κ2) is 10.4. The molecule has 1 amide bonds. The Morgan fingerprint density at radius 1 is 1.29 bits per heavy atom. The predicted octanol–water partition coefficient (Wildman–Crippen LogP) is 1.87. The number of ether oxygens (including phenoxy) is 2. The maximum absolute atomic E-state index is 12.1. The largest absolute Gasteiger partial charge is 0.497 e. The fourth-order valence-corrected chi connectivity index (χ4v) is 4.63. The molecule has 2 aliphatic rings. The Morgan fingerprint density at radius 2 is 2.12 bits per heavy atom. The molecule has 3 heterocycles. The van der Waals surface area contributed by atoms with Gasteiger partial charge in [0.2, 0.25) is 5.91 Å². The van der Waals surface area contributed by atoms with Gasteiger partial charge in [0.05, 0.1) is 12.8 Å². The highest BCUT2D eigenvalue weighted by Crippen LogP contribution is 2.34. The number of fused-ring (bicyclic) bond motifs is 1. The first kappa shape index (κ1) is 24.0. The van der Waals surface area contributed by atoms with Gasteiger partial charge in [-0.15, -0.1) is 0 Å². The van der Waals surface area contributed by atoms with Gasteiger partial charge in [0.15, 0.2) is 0 Å². The summed E-state index contributed by atoms with van der Waals surface area (Å²) >= 11 is 0. The summed E-state index contributed by atoms with van der Waals surface area (Å²) in [7, 11) is 1.69. The molecule has 1 fully saturated rings.